The second-order valence-corrected chi connectivity index (χ2v) is 6.84. The van der Waals surface area contributed by atoms with Gasteiger partial charge in [-0.3, -0.25) is 14.2 Å². The van der Waals surface area contributed by atoms with Gasteiger partial charge in [-0.05, 0) is 55.8 Å². The highest BCUT2D eigenvalue weighted by Crippen LogP contribution is 2.25. The Bertz CT molecular complexity index is 926. The minimum absolute atomic E-state index is 0.110. The number of rotatable bonds is 5. The highest BCUT2D eigenvalue weighted by molar-refractivity contribution is 7.09. The topological polar surface area (TPSA) is 64.2 Å². The zero-order valence-electron chi connectivity index (χ0n) is 13.8. The molecule has 0 aliphatic carbocycles. The van der Waals surface area contributed by atoms with Crippen LogP contribution in [0.3, 0.4) is 0 Å². The van der Waals surface area contributed by atoms with E-state index < -0.39 is 0 Å². The number of hydrogen-bond donors (Lipinski definition) is 1. The molecule has 25 heavy (non-hydrogen) atoms. The maximum Gasteiger partial charge on any atom is 0.308 e. The molecule has 1 atom stereocenters. The lowest BCUT2D eigenvalue weighted by Crippen LogP contribution is -2.32. The van der Waals surface area contributed by atoms with Crippen molar-refractivity contribution in [2.24, 2.45) is 0 Å². The Labute approximate surface area is 147 Å². The van der Waals surface area contributed by atoms with Gasteiger partial charge in [-0.1, -0.05) is 11.3 Å². The van der Waals surface area contributed by atoms with Crippen molar-refractivity contribution in [3.63, 3.8) is 0 Å². The van der Waals surface area contributed by atoms with E-state index in [0.717, 1.165) is 16.2 Å². The van der Waals surface area contributed by atoms with Gasteiger partial charge in [0.1, 0.15) is 18.1 Å². The van der Waals surface area contributed by atoms with Crippen LogP contribution >= 0.6 is 11.3 Å². The Kier molecular flexibility index (Phi) is 4.85. The van der Waals surface area contributed by atoms with Crippen LogP contribution in [0.2, 0.25) is 0 Å². The molecule has 1 unspecified atom stereocenters. The predicted octanol–water partition coefficient (Wildman–Crippen LogP) is 3.49. The smallest absolute Gasteiger partial charge is 0.308 e. The summed E-state index contributed by atoms with van der Waals surface area (Å²) < 4.78 is 19.8. The number of hydrogen-bond acceptors (Lipinski definition) is 4. The first-order valence-corrected chi connectivity index (χ1v) is 8.56. The molecule has 130 valence electrons. The normalized spacial score (nSPS) is 12.1. The minimum atomic E-state index is -0.351. The van der Waals surface area contributed by atoms with E-state index in [-0.39, 0.29) is 29.2 Å². The van der Waals surface area contributed by atoms with Crippen LogP contribution in [0.15, 0.2) is 51.9 Å². The van der Waals surface area contributed by atoms with Gasteiger partial charge in [-0.25, -0.2) is 4.39 Å². The van der Waals surface area contributed by atoms with Gasteiger partial charge < -0.3 is 9.73 Å². The largest absolute Gasteiger partial charge is 0.467 e. The first kappa shape index (κ1) is 17.2. The van der Waals surface area contributed by atoms with Gasteiger partial charge in [-0.2, -0.15) is 0 Å². The molecule has 7 heteroatoms. The molecule has 1 N–H and O–H groups in total. The van der Waals surface area contributed by atoms with Crippen molar-refractivity contribution >= 4 is 17.2 Å². The van der Waals surface area contributed by atoms with Crippen LogP contribution in [0.25, 0.3) is 11.3 Å². The average molecular weight is 360 g/mol. The fraction of sp³-hybridized carbons (Fsp3) is 0.222. The Balaban J connectivity index is 1.84. The molecular weight excluding hydrogens is 343 g/mol. The number of nitrogens with one attached hydrogen (secondary N) is 1. The van der Waals surface area contributed by atoms with E-state index >= 15 is 0 Å². The highest BCUT2D eigenvalue weighted by Gasteiger charge is 2.18. The quantitative estimate of drug-likeness (QED) is 0.757. The van der Waals surface area contributed by atoms with E-state index in [1.165, 1.54) is 23.0 Å². The van der Waals surface area contributed by atoms with E-state index in [9.17, 15) is 14.0 Å². The zero-order valence-corrected chi connectivity index (χ0v) is 14.6. The van der Waals surface area contributed by atoms with Crippen molar-refractivity contribution in [3.8, 4) is 11.3 Å². The lowest BCUT2D eigenvalue weighted by atomic mass is 10.1. The molecule has 3 rings (SSSR count). The van der Waals surface area contributed by atoms with Crippen LogP contribution < -0.4 is 10.2 Å². The van der Waals surface area contributed by atoms with E-state index in [2.05, 4.69) is 5.32 Å². The number of aromatic nitrogens is 1. The number of halogens is 1. The Morgan fingerprint density at radius 3 is 2.68 bits per heavy atom. The van der Waals surface area contributed by atoms with Gasteiger partial charge in [0.25, 0.3) is 0 Å². The third kappa shape index (κ3) is 3.71. The summed E-state index contributed by atoms with van der Waals surface area (Å²) in [6, 6.07) is 9.09. The number of amides is 1. The lowest BCUT2D eigenvalue weighted by molar-refractivity contribution is -0.122. The minimum Gasteiger partial charge on any atom is -0.467 e. The van der Waals surface area contributed by atoms with Gasteiger partial charge in [0.15, 0.2) is 0 Å². The van der Waals surface area contributed by atoms with Crippen molar-refractivity contribution < 1.29 is 13.6 Å². The van der Waals surface area contributed by atoms with Gasteiger partial charge >= 0.3 is 4.87 Å². The molecule has 0 aliphatic rings. The molecule has 0 spiro atoms. The van der Waals surface area contributed by atoms with E-state index in [4.69, 9.17) is 4.42 Å². The van der Waals surface area contributed by atoms with Crippen molar-refractivity contribution in [2.45, 2.75) is 26.4 Å². The fourth-order valence-corrected chi connectivity index (χ4v) is 3.52. The maximum atomic E-state index is 13.2. The molecule has 1 aromatic carbocycles. The number of nitrogens with zero attached hydrogens (tertiary/aromatic N) is 1. The summed E-state index contributed by atoms with van der Waals surface area (Å²) in [4.78, 5) is 25.2. The molecule has 2 heterocycles. The van der Waals surface area contributed by atoms with Crippen LogP contribution in [0.4, 0.5) is 4.39 Å². The second-order valence-electron chi connectivity index (χ2n) is 5.67. The molecule has 1 amide bonds. The monoisotopic (exact) mass is 360 g/mol. The zero-order chi connectivity index (χ0) is 18.0. The molecule has 2 aromatic heterocycles. The summed E-state index contributed by atoms with van der Waals surface area (Å²) >= 11 is 1.07. The van der Waals surface area contributed by atoms with E-state index in [0.29, 0.717) is 17.0 Å². The molecule has 3 aromatic rings. The summed E-state index contributed by atoms with van der Waals surface area (Å²) in [5.41, 5.74) is 1.33. The Hall–Kier alpha value is -2.67. The SMILES string of the molecule is Cc1sc(=O)n(CC(=O)NC(C)c2ccco2)c1-c1ccc(F)cc1. The summed E-state index contributed by atoms with van der Waals surface area (Å²) in [5.74, 6) is -0.0105. The van der Waals surface area contributed by atoms with Crippen LogP contribution in [0.5, 0.6) is 0 Å². The fourth-order valence-electron chi connectivity index (χ4n) is 2.67. The van der Waals surface area contributed by atoms with Gasteiger partial charge in [0.2, 0.25) is 5.91 Å². The second kappa shape index (κ2) is 7.06. The van der Waals surface area contributed by atoms with Crippen molar-refractivity contribution in [2.75, 3.05) is 0 Å². The number of carbonyl (C=O) groups is 1. The van der Waals surface area contributed by atoms with Crippen molar-refractivity contribution in [1.82, 2.24) is 9.88 Å². The number of aryl methyl sites for hydroxylation is 1. The van der Waals surface area contributed by atoms with E-state index in [1.54, 1.807) is 31.2 Å². The highest BCUT2D eigenvalue weighted by atomic mass is 32.1. The molecule has 5 nitrogen and oxygen atoms in total. The first-order valence-electron chi connectivity index (χ1n) is 7.74. The average Bonchev–Trinajstić information content (AvgIpc) is 3.18. The summed E-state index contributed by atoms with van der Waals surface area (Å²) in [7, 11) is 0. The summed E-state index contributed by atoms with van der Waals surface area (Å²) in [6.07, 6.45) is 1.54. The predicted molar refractivity (Wildman–Crippen MR) is 94.0 cm³/mol. The molecule has 0 fully saturated rings. The molecule has 0 radical (unpaired) electrons. The Morgan fingerprint density at radius 2 is 2.04 bits per heavy atom. The molecule has 0 aliphatic heterocycles. The van der Waals surface area contributed by atoms with Gasteiger partial charge in [-0.15, -0.1) is 0 Å². The number of thiazole rings is 1. The molecule has 0 saturated heterocycles. The maximum absolute atomic E-state index is 13.2. The summed E-state index contributed by atoms with van der Waals surface area (Å²) in [6.45, 7) is 3.50. The molecular formula is C18H17FN2O3S. The summed E-state index contributed by atoms with van der Waals surface area (Å²) in [5, 5.41) is 2.81. The standard InChI is InChI=1S/C18H17FN2O3S/c1-11(15-4-3-9-24-15)20-16(22)10-21-17(12(2)25-18(21)23)13-5-7-14(19)8-6-13/h3-9,11H,10H2,1-2H3,(H,20,22). The number of furan rings is 1. The Morgan fingerprint density at radius 1 is 1.32 bits per heavy atom. The molecule has 0 bridgehead atoms. The van der Waals surface area contributed by atoms with Crippen LogP contribution in [-0.4, -0.2) is 10.5 Å². The lowest BCUT2D eigenvalue weighted by Gasteiger charge is -2.13. The van der Waals surface area contributed by atoms with Gasteiger partial charge in [0.05, 0.1) is 18.0 Å². The first-order chi connectivity index (χ1) is 12.0. The van der Waals surface area contributed by atoms with Crippen LogP contribution in [-0.2, 0) is 11.3 Å². The number of carbonyl (C=O) groups excluding carboxylic acids is 1. The molecule has 0 saturated carbocycles. The van der Waals surface area contributed by atoms with Crippen LogP contribution in [0.1, 0.15) is 23.6 Å². The number of benzene rings is 1. The van der Waals surface area contributed by atoms with E-state index in [1.807, 2.05) is 6.92 Å². The van der Waals surface area contributed by atoms with Crippen molar-refractivity contribution in [3.05, 3.63) is 68.8 Å². The third-order valence-corrected chi connectivity index (χ3v) is 4.73. The third-order valence-electron chi connectivity index (χ3n) is 3.83. The van der Waals surface area contributed by atoms with Crippen molar-refractivity contribution in [1.29, 1.82) is 0 Å². The van der Waals surface area contributed by atoms with Gasteiger partial charge in [0, 0.05) is 4.88 Å². The van der Waals surface area contributed by atoms with Crippen LogP contribution in [0, 0.1) is 12.7 Å².